The molecule has 0 bridgehead atoms. The minimum atomic E-state index is -3.73. The highest BCUT2D eigenvalue weighted by atomic mass is 32.2. The van der Waals surface area contributed by atoms with E-state index in [1.807, 2.05) is 18.2 Å². The molecule has 10 heteroatoms. The summed E-state index contributed by atoms with van der Waals surface area (Å²) < 4.78 is 34.0. The van der Waals surface area contributed by atoms with E-state index in [0.29, 0.717) is 12.5 Å². The minimum absolute atomic E-state index is 0.0367. The Bertz CT molecular complexity index is 1760. The molecule has 9 nitrogen and oxygen atoms in total. The third-order valence-corrected chi connectivity index (χ3v) is 11.1. The number of sulfonamides is 1. The number of hydrogen-bond donors (Lipinski definition) is 2. The molecule has 6 rings (SSSR count). The Labute approximate surface area is 273 Å². The van der Waals surface area contributed by atoms with Crippen molar-refractivity contribution in [3.8, 4) is 17.0 Å². The lowest BCUT2D eigenvalue weighted by Crippen LogP contribution is -2.46. The summed E-state index contributed by atoms with van der Waals surface area (Å²) in [4.78, 5) is 29.8. The zero-order chi connectivity index (χ0) is 32.8. The van der Waals surface area contributed by atoms with Crippen LogP contribution in [0.15, 0.2) is 36.4 Å². The highest BCUT2D eigenvalue weighted by molar-refractivity contribution is 7.89. The van der Waals surface area contributed by atoms with Gasteiger partial charge in [0.2, 0.25) is 15.9 Å². The number of carbonyl (C=O) groups is 2. The van der Waals surface area contributed by atoms with E-state index in [2.05, 4.69) is 52.5 Å². The highest BCUT2D eigenvalue weighted by Crippen LogP contribution is 2.65. The molecule has 1 aliphatic heterocycles. The first kappa shape index (κ1) is 32.6. The maximum absolute atomic E-state index is 14.5. The van der Waals surface area contributed by atoms with Crippen molar-refractivity contribution in [3.63, 3.8) is 0 Å². The van der Waals surface area contributed by atoms with Gasteiger partial charge in [0.1, 0.15) is 5.75 Å². The van der Waals surface area contributed by atoms with Crippen molar-refractivity contribution in [2.24, 2.45) is 5.41 Å². The van der Waals surface area contributed by atoms with E-state index in [0.717, 1.165) is 84.9 Å². The van der Waals surface area contributed by atoms with Crippen molar-refractivity contribution in [3.05, 3.63) is 53.1 Å². The Morgan fingerprint density at radius 1 is 1.11 bits per heavy atom. The maximum Gasteiger partial charge on any atom is 0.264 e. The van der Waals surface area contributed by atoms with Crippen LogP contribution < -0.4 is 14.8 Å². The summed E-state index contributed by atoms with van der Waals surface area (Å²) >= 11 is 0. The first-order valence-corrected chi connectivity index (χ1v) is 18.7. The number of carbonyl (C=O) groups excluding carboxylic acids is 2. The normalized spacial score (nSPS) is 21.6. The molecule has 248 valence electrons. The molecule has 3 atom stereocenters. The lowest BCUT2D eigenvalue weighted by atomic mass is 9.81. The Hall–Kier alpha value is -3.37. The second-order valence-electron chi connectivity index (χ2n) is 13.8. The smallest absolute Gasteiger partial charge is 0.264 e. The van der Waals surface area contributed by atoms with E-state index in [4.69, 9.17) is 4.74 Å². The number of rotatable bonds is 11. The molecule has 0 saturated heterocycles. The molecule has 0 radical (unpaired) electrons. The first-order chi connectivity index (χ1) is 22.0. The number of nitrogens with one attached hydrogen (secondary N) is 2. The number of likely N-dealkylation sites (N-methyl/N-ethyl adjacent to an activating group) is 1. The fraction of sp³-hybridized carbons (Fsp3) is 0.556. The summed E-state index contributed by atoms with van der Waals surface area (Å²) in [5.74, 6) is 0.591. The van der Waals surface area contributed by atoms with Crippen molar-refractivity contribution in [2.45, 2.75) is 89.6 Å². The molecule has 2 fully saturated rings. The van der Waals surface area contributed by atoms with Crippen molar-refractivity contribution < 1.29 is 22.7 Å². The Balaban J connectivity index is 1.53. The van der Waals surface area contributed by atoms with Gasteiger partial charge in [-0.25, -0.2) is 13.1 Å². The second kappa shape index (κ2) is 12.7. The van der Waals surface area contributed by atoms with Crippen LogP contribution in [0.3, 0.4) is 0 Å². The van der Waals surface area contributed by atoms with Gasteiger partial charge in [-0.2, -0.15) is 0 Å². The van der Waals surface area contributed by atoms with Crippen LogP contribution in [0.4, 0.5) is 0 Å². The van der Waals surface area contributed by atoms with Crippen molar-refractivity contribution in [1.82, 2.24) is 19.5 Å². The quantitative estimate of drug-likeness (QED) is 0.273. The summed E-state index contributed by atoms with van der Waals surface area (Å²) in [7, 11) is 0.0346. The van der Waals surface area contributed by atoms with Gasteiger partial charge in [-0.1, -0.05) is 45.6 Å². The van der Waals surface area contributed by atoms with E-state index in [1.54, 1.807) is 13.2 Å². The van der Waals surface area contributed by atoms with Crippen LogP contribution in [0, 0.1) is 5.41 Å². The minimum Gasteiger partial charge on any atom is -0.497 e. The molecule has 1 aromatic heterocycles. The molecule has 2 aliphatic carbocycles. The van der Waals surface area contributed by atoms with Gasteiger partial charge in [-0.15, -0.1) is 0 Å². The van der Waals surface area contributed by atoms with Gasteiger partial charge < -0.3 is 19.5 Å². The van der Waals surface area contributed by atoms with Gasteiger partial charge in [0.25, 0.3) is 5.91 Å². The number of fused-ring (bicyclic) bond motifs is 7. The highest BCUT2D eigenvalue weighted by Gasteiger charge is 2.63. The van der Waals surface area contributed by atoms with Gasteiger partial charge in [0.05, 0.1) is 24.5 Å². The molecule has 2 saturated carbocycles. The van der Waals surface area contributed by atoms with Crippen LogP contribution in [0.25, 0.3) is 22.2 Å². The first-order valence-electron chi connectivity index (χ1n) is 16.9. The lowest BCUT2D eigenvalue weighted by molar-refractivity contribution is -0.127. The largest absolute Gasteiger partial charge is 0.497 e. The molecule has 46 heavy (non-hydrogen) atoms. The van der Waals surface area contributed by atoms with Crippen LogP contribution >= 0.6 is 0 Å². The number of methoxy groups -OCH3 is 1. The molecule has 2 N–H and O–H groups in total. The van der Waals surface area contributed by atoms with Crippen LogP contribution in [-0.4, -0.2) is 69.2 Å². The van der Waals surface area contributed by atoms with Crippen LogP contribution in [0.5, 0.6) is 5.75 Å². The molecule has 3 unspecified atom stereocenters. The number of amides is 2. The summed E-state index contributed by atoms with van der Waals surface area (Å²) in [6.45, 7) is 6.47. The number of nitrogens with zero attached hydrogens (tertiary/aromatic N) is 2. The Morgan fingerprint density at radius 2 is 1.87 bits per heavy atom. The van der Waals surface area contributed by atoms with Crippen molar-refractivity contribution in [1.29, 1.82) is 0 Å². The van der Waals surface area contributed by atoms with Crippen LogP contribution in [-0.2, 0) is 21.4 Å². The van der Waals surface area contributed by atoms with Crippen molar-refractivity contribution in [2.75, 3.05) is 33.5 Å². The second-order valence-corrected chi connectivity index (χ2v) is 15.5. The number of hydrogen-bond acceptors (Lipinski definition) is 6. The maximum atomic E-state index is 14.5. The molecule has 3 aromatic rings. The van der Waals surface area contributed by atoms with Gasteiger partial charge in [0, 0.05) is 47.1 Å². The number of aromatic nitrogens is 1. The van der Waals surface area contributed by atoms with Crippen molar-refractivity contribution >= 4 is 32.7 Å². The fourth-order valence-corrected chi connectivity index (χ4v) is 8.51. The Morgan fingerprint density at radius 3 is 2.54 bits per heavy atom. The molecular formula is C36H48N4O5S. The third kappa shape index (κ3) is 6.06. The average Bonchev–Trinajstić information content (AvgIpc) is 3.70. The van der Waals surface area contributed by atoms with Gasteiger partial charge in [-0.05, 0) is 86.7 Å². The van der Waals surface area contributed by atoms with Crippen LogP contribution in [0.1, 0.15) is 98.5 Å². The molecular weight excluding hydrogens is 600 g/mol. The summed E-state index contributed by atoms with van der Waals surface area (Å²) in [6.07, 6.45) is 9.34. The molecule has 2 heterocycles. The summed E-state index contributed by atoms with van der Waals surface area (Å²) in [6, 6.07) is 11.8. The summed E-state index contributed by atoms with van der Waals surface area (Å²) in [5.41, 5.74) is 5.16. The van der Waals surface area contributed by atoms with Gasteiger partial charge >= 0.3 is 0 Å². The molecule has 2 aromatic carbocycles. The van der Waals surface area contributed by atoms with E-state index in [1.165, 1.54) is 24.8 Å². The third-order valence-electron chi connectivity index (χ3n) is 10.6. The zero-order valence-electron chi connectivity index (χ0n) is 27.8. The predicted molar refractivity (Wildman–Crippen MR) is 182 cm³/mol. The fourth-order valence-electron chi connectivity index (χ4n) is 8.06. The summed E-state index contributed by atoms with van der Waals surface area (Å²) in [5, 5.41) is 4.54. The van der Waals surface area contributed by atoms with E-state index >= 15 is 0 Å². The number of ether oxygens (including phenoxy) is 1. The molecule has 3 aliphatic rings. The molecule has 2 amide bonds. The van der Waals surface area contributed by atoms with Gasteiger partial charge in [0.15, 0.2) is 0 Å². The van der Waals surface area contributed by atoms with E-state index in [-0.39, 0.29) is 23.4 Å². The predicted octanol–water partition coefficient (Wildman–Crippen LogP) is 5.78. The SMILES string of the molecule is CCCC(CN(C)CC)NC(=O)C12CC1c1cc(OC)ccc1-c1c(C3CCCCC3)c3ccc(C(=O)NS(C)(=O)=O)cc3n1C2. The standard InChI is InChI=1S/C36H48N4O5S/c1-6-11-25(21-39(3)7-2)37-35(42)36-20-30(36)29-19-26(45-4)15-17-27(29)33-32(23-12-9-8-10-13-23)28-16-14-24(18-31(28)40(33)22-36)34(41)38-46(5,43)44/h14-19,23,25,30H,6-13,20-22H2,1-5H3,(H,37,42)(H,38,41). The topological polar surface area (TPSA) is 110 Å². The average molecular weight is 649 g/mol. The lowest BCUT2D eigenvalue weighted by Gasteiger charge is -2.27. The molecule has 0 spiro atoms. The monoisotopic (exact) mass is 648 g/mol. The Kier molecular flexibility index (Phi) is 8.97. The van der Waals surface area contributed by atoms with E-state index < -0.39 is 21.3 Å². The van der Waals surface area contributed by atoms with Crippen LogP contribution in [0.2, 0.25) is 0 Å². The van der Waals surface area contributed by atoms with Gasteiger partial charge in [-0.3, -0.25) is 9.59 Å². The number of benzene rings is 2. The zero-order valence-corrected chi connectivity index (χ0v) is 28.6. The van der Waals surface area contributed by atoms with E-state index in [9.17, 15) is 18.0 Å².